The fourth-order valence-electron chi connectivity index (χ4n) is 4.83. The van der Waals surface area contributed by atoms with E-state index in [1.54, 1.807) is 27.0 Å². The molecule has 3 aromatic rings. The molecule has 8 nitrogen and oxygen atoms in total. The van der Waals surface area contributed by atoms with E-state index in [0.29, 0.717) is 18.4 Å². The normalized spacial score (nSPS) is 15.3. The van der Waals surface area contributed by atoms with E-state index in [9.17, 15) is 27.6 Å². The van der Waals surface area contributed by atoms with Crippen molar-refractivity contribution >= 4 is 18.0 Å². The lowest BCUT2D eigenvalue weighted by Crippen LogP contribution is -2.53. The minimum absolute atomic E-state index is 0.0318. The van der Waals surface area contributed by atoms with Gasteiger partial charge in [0.1, 0.15) is 12.3 Å². The number of amides is 1. The van der Waals surface area contributed by atoms with Crippen LogP contribution in [-0.2, 0) is 27.0 Å². The maximum atomic E-state index is 12.6. The highest BCUT2D eigenvalue weighted by Crippen LogP contribution is 2.31. The monoisotopic (exact) mass is 657 g/mol. The maximum Gasteiger partial charge on any atom is 0.416 e. The summed E-state index contributed by atoms with van der Waals surface area (Å²) in [6.45, 7) is 11.4. The molecular formula is C36H50F3N5O3. The molecule has 0 saturated carbocycles. The lowest BCUT2D eigenvalue weighted by atomic mass is 10.00. The van der Waals surface area contributed by atoms with E-state index in [0.717, 1.165) is 30.9 Å². The van der Waals surface area contributed by atoms with Crippen molar-refractivity contribution in [2.75, 3.05) is 20.1 Å². The molecule has 2 heterocycles. The predicted octanol–water partition coefficient (Wildman–Crippen LogP) is 6.17. The number of halogens is 3. The second-order valence-corrected chi connectivity index (χ2v) is 12.9. The number of hydrogen-bond acceptors (Lipinski definition) is 6. The van der Waals surface area contributed by atoms with Gasteiger partial charge in [0, 0.05) is 6.20 Å². The largest absolute Gasteiger partial charge is 0.416 e. The number of ketones is 1. The summed E-state index contributed by atoms with van der Waals surface area (Å²) in [5, 5.41) is 2.73. The Morgan fingerprint density at radius 1 is 1.09 bits per heavy atom. The number of piperidine rings is 1. The first-order chi connectivity index (χ1) is 22.0. The molecule has 0 spiro atoms. The van der Waals surface area contributed by atoms with Crippen molar-refractivity contribution < 1.29 is 27.6 Å². The average molecular weight is 658 g/mol. The van der Waals surface area contributed by atoms with Gasteiger partial charge in [0.05, 0.1) is 29.2 Å². The Morgan fingerprint density at radius 3 is 2.21 bits per heavy atom. The lowest BCUT2D eigenvalue weighted by Gasteiger charge is -2.26. The molecule has 1 aliphatic heterocycles. The van der Waals surface area contributed by atoms with Crippen molar-refractivity contribution in [3.63, 3.8) is 0 Å². The van der Waals surface area contributed by atoms with Crippen LogP contribution in [0.3, 0.4) is 0 Å². The Balaban J connectivity index is 0.000000266. The third-order valence-electron chi connectivity index (χ3n) is 7.93. The fraction of sp³-hybridized carbons (Fsp3) is 0.500. The Hall–Kier alpha value is -3.83. The Morgan fingerprint density at radius 2 is 1.72 bits per heavy atom. The van der Waals surface area contributed by atoms with E-state index in [1.165, 1.54) is 61.4 Å². The molecule has 2 unspecified atom stereocenters. The van der Waals surface area contributed by atoms with Crippen LogP contribution in [0.15, 0.2) is 67.1 Å². The minimum Gasteiger partial charge on any atom is -0.345 e. The van der Waals surface area contributed by atoms with Gasteiger partial charge >= 0.3 is 6.18 Å². The summed E-state index contributed by atoms with van der Waals surface area (Å²) in [7, 11) is 2.20. The second kappa shape index (κ2) is 18.5. The maximum absolute atomic E-state index is 12.6. The summed E-state index contributed by atoms with van der Waals surface area (Å²) in [6, 6.07) is 13.6. The molecule has 0 bridgehead atoms. The fourth-order valence-corrected chi connectivity index (χ4v) is 4.83. The number of benzene rings is 2. The van der Waals surface area contributed by atoms with Crippen molar-refractivity contribution in [3.05, 3.63) is 89.5 Å². The molecule has 1 fully saturated rings. The molecule has 3 N–H and O–H groups in total. The van der Waals surface area contributed by atoms with Crippen molar-refractivity contribution in [3.8, 4) is 0 Å². The van der Waals surface area contributed by atoms with Gasteiger partial charge in [-0.25, -0.2) is 4.98 Å². The number of rotatable bonds is 10. The van der Waals surface area contributed by atoms with E-state index in [1.807, 2.05) is 18.2 Å². The number of nitrogens with one attached hydrogen (secondary N) is 1. The second-order valence-electron chi connectivity index (χ2n) is 12.9. The van der Waals surface area contributed by atoms with Crippen molar-refractivity contribution in [1.82, 2.24) is 19.8 Å². The van der Waals surface area contributed by atoms with Gasteiger partial charge in [-0.15, -0.1) is 0 Å². The van der Waals surface area contributed by atoms with Crippen LogP contribution < -0.4 is 11.1 Å². The Kier molecular flexibility index (Phi) is 15.5. The highest BCUT2D eigenvalue weighted by atomic mass is 19.4. The average Bonchev–Trinajstić information content (AvgIpc) is 3.44. The third kappa shape index (κ3) is 14.2. The van der Waals surface area contributed by atoms with E-state index in [2.05, 4.69) is 41.3 Å². The number of hydrogen-bond donors (Lipinski definition) is 2. The number of aldehydes is 1. The van der Waals surface area contributed by atoms with Gasteiger partial charge in [-0.3, -0.25) is 9.59 Å². The van der Waals surface area contributed by atoms with Gasteiger partial charge in [-0.1, -0.05) is 49.4 Å². The molecule has 258 valence electrons. The Labute approximate surface area is 276 Å². The quantitative estimate of drug-likeness (QED) is 0.253. The molecule has 0 aliphatic carbocycles. The number of likely N-dealkylation sites (tertiary alicyclic amines) is 1. The summed E-state index contributed by atoms with van der Waals surface area (Å²) < 4.78 is 39.4. The van der Waals surface area contributed by atoms with Crippen LogP contribution in [0.1, 0.15) is 81.8 Å². The molecule has 11 heteroatoms. The predicted molar refractivity (Wildman–Crippen MR) is 179 cm³/mol. The SMILES string of the molecule is CC(=O)C(CCCc1ccccc1)NC(=O)C(C)(C)N.CC1CCN(C)CC1.Cc1cn(C(C=O)c2cccc(C(F)(F)F)c2)cn1. The van der Waals surface area contributed by atoms with Crippen molar-refractivity contribution in [2.24, 2.45) is 11.7 Å². The molecular weight excluding hydrogens is 607 g/mol. The standard InChI is InChI=1S/C16H24N2O2.C13H11F3N2O.C7H15N/c1-12(19)14(18-15(20)16(2,3)17)11-7-10-13-8-5-4-6-9-13;1-9-6-18(8-17-9)12(7-19)10-3-2-4-11(5-10)13(14,15)16;1-7-3-5-8(2)6-4-7/h4-6,8-9,14H,7,10-11,17H2,1-3H3,(H,18,20);2-8,12H,1H3;7H,3-6H2,1-2H3. The number of carbonyl (C=O) groups is 3. The number of imidazole rings is 1. The number of nitrogens with two attached hydrogens (primary N) is 1. The summed E-state index contributed by atoms with van der Waals surface area (Å²) in [4.78, 5) is 40.9. The van der Waals surface area contributed by atoms with Gasteiger partial charge < -0.3 is 25.3 Å². The highest BCUT2D eigenvalue weighted by Gasteiger charge is 2.31. The van der Waals surface area contributed by atoms with Crippen molar-refractivity contribution in [1.29, 1.82) is 0 Å². The van der Waals surface area contributed by atoms with Gasteiger partial charge in [0.2, 0.25) is 5.91 Å². The van der Waals surface area contributed by atoms with Crippen LogP contribution in [-0.4, -0.2) is 64.1 Å². The van der Waals surface area contributed by atoms with E-state index in [-0.39, 0.29) is 17.3 Å². The molecule has 2 atom stereocenters. The minimum atomic E-state index is -4.42. The Bertz CT molecular complexity index is 1380. The zero-order valence-electron chi connectivity index (χ0n) is 28.4. The molecule has 1 aliphatic rings. The first-order valence-electron chi connectivity index (χ1n) is 16.0. The zero-order valence-corrected chi connectivity index (χ0v) is 28.4. The van der Waals surface area contributed by atoms with Crippen molar-refractivity contribution in [2.45, 2.75) is 90.5 Å². The topological polar surface area (TPSA) is 110 Å². The van der Waals surface area contributed by atoms with Crippen LogP contribution in [0.4, 0.5) is 13.2 Å². The molecule has 47 heavy (non-hydrogen) atoms. The molecule has 1 aromatic heterocycles. The number of Topliss-reactive ketones (excluding diaryl/α,β-unsaturated/α-hetero) is 1. The summed E-state index contributed by atoms with van der Waals surface area (Å²) in [5.41, 5.74) is 6.20. The highest BCUT2D eigenvalue weighted by molar-refractivity contribution is 5.91. The smallest absolute Gasteiger partial charge is 0.345 e. The number of aryl methyl sites for hydroxylation is 2. The van der Waals surface area contributed by atoms with Gasteiger partial charge in [0.15, 0.2) is 5.78 Å². The van der Waals surface area contributed by atoms with E-state index < -0.39 is 29.4 Å². The van der Waals surface area contributed by atoms with Crippen LogP contribution in [0, 0.1) is 12.8 Å². The molecule has 4 rings (SSSR count). The van der Waals surface area contributed by atoms with Gasteiger partial charge in [-0.2, -0.15) is 13.2 Å². The first kappa shape index (κ1) is 39.3. The number of aromatic nitrogens is 2. The molecule has 1 amide bonds. The van der Waals surface area contributed by atoms with Crippen LogP contribution in [0.25, 0.3) is 0 Å². The number of alkyl halides is 3. The molecule has 1 saturated heterocycles. The number of carbonyl (C=O) groups excluding carboxylic acids is 3. The molecule has 0 radical (unpaired) electrons. The zero-order chi connectivity index (χ0) is 35.2. The van der Waals surface area contributed by atoms with Crippen LogP contribution in [0.5, 0.6) is 0 Å². The van der Waals surface area contributed by atoms with Gasteiger partial charge in [0.25, 0.3) is 0 Å². The number of nitrogens with zero attached hydrogens (tertiary/aromatic N) is 3. The summed E-state index contributed by atoms with van der Waals surface area (Å²) in [5.74, 6) is 0.652. The van der Waals surface area contributed by atoms with Crippen LogP contribution in [0.2, 0.25) is 0 Å². The first-order valence-corrected chi connectivity index (χ1v) is 16.0. The van der Waals surface area contributed by atoms with Gasteiger partial charge in [-0.05, 0) is 109 Å². The summed E-state index contributed by atoms with van der Waals surface area (Å²) in [6.07, 6.45) is 4.38. The van der Waals surface area contributed by atoms with E-state index in [4.69, 9.17) is 5.73 Å². The third-order valence-corrected chi connectivity index (χ3v) is 7.93. The summed E-state index contributed by atoms with van der Waals surface area (Å²) >= 11 is 0. The van der Waals surface area contributed by atoms with Crippen LogP contribution >= 0.6 is 0 Å². The molecule has 2 aromatic carbocycles. The van der Waals surface area contributed by atoms with E-state index >= 15 is 0 Å². The lowest BCUT2D eigenvalue weighted by molar-refractivity contribution is -0.137.